The number of halogens is 3. The number of alkyl halides is 1. The Kier molecular flexibility index (Phi) is 11.6. The van der Waals surface area contributed by atoms with E-state index in [1.807, 2.05) is 60.7 Å². The lowest BCUT2D eigenvalue weighted by Crippen LogP contribution is -2.69. The molecule has 0 radical (unpaired) electrons. The summed E-state index contributed by atoms with van der Waals surface area (Å²) in [7, 11) is 0. The second-order valence-corrected chi connectivity index (χ2v) is 15.6. The molecule has 6 rings (SSSR count). The minimum atomic E-state index is -1.59. The highest BCUT2D eigenvalue weighted by atomic mass is 35.5. The molecule has 0 aliphatic carbocycles. The van der Waals surface area contributed by atoms with Crippen LogP contribution in [0.4, 0.5) is 9.93 Å². The summed E-state index contributed by atoms with van der Waals surface area (Å²) in [6.45, 7) is -0.497. The summed E-state index contributed by atoms with van der Waals surface area (Å²) in [5, 5.41) is 7.19. The number of fused-ring (bicyclic) bond motifs is 1. The number of hydrogen-bond acceptors (Lipinski definition) is 9. The highest BCUT2D eigenvalue weighted by Crippen LogP contribution is 2.46. The highest BCUT2D eigenvalue weighted by Gasteiger charge is 2.60. The number of rotatable bonds is 11. The predicted molar refractivity (Wildman–Crippen MR) is 195 cm³/mol. The van der Waals surface area contributed by atoms with Gasteiger partial charge in [0.15, 0.2) is 16.5 Å². The fourth-order valence-corrected chi connectivity index (χ4v) is 9.78. The van der Waals surface area contributed by atoms with Crippen molar-refractivity contribution in [2.75, 3.05) is 23.5 Å². The normalized spacial score (nSPS) is 18.3. The SMILES string of the molecule is O=C(CNC(=O)OC(c1ccccc1)c1ccccc1)NC1=C(c2cnc(NC(=O)CCl)s2)C[S+]([O-])C2C(Sc3ccc(Cl)c(Cl)c3)C(=O)N12. The Bertz CT molecular complexity index is 1910. The van der Waals surface area contributed by atoms with Crippen LogP contribution < -0.4 is 16.0 Å². The maximum absolute atomic E-state index is 13.7. The van der Waals surface area contributed by atoms with Crippen LogP contribution in [-0.2, 0) is 30.3 Å². The number of anilines is 1. The van der Waals surface area contributed by atoms with Crippen molar-refractivity contribution < 1.29 is 28.5 Å². The molecule has 2 aliphatic rings. The van der Waals surface area contributed by atoms with Crippen LogP contribution in [0.15, 0.2) is 95.8 Å². The third-order valence-electron chi connectivity index (χ3n) is 7.48. The lowest BCUT2D eigenvalue weighted by molar-refractivity contribution is -0.138. The minimum Gasteiger partial charge on any atom is -0.614 e. The molecule has 4 aromatic rings. The number of nitrogens with zero attached hydrogens (tertiary/aromatic N) is 2. The molecule has 50 heavy (non-hydrogen) atoms. The van der Waals surface area contributed by atoms with E-state index in [9.17, 15) is 23.7 Å². The monoisotopic (exact) mass is 789 g/mol. The van der Waals surface area contributed by atoms with E-state index in [1.165, 1.54) is 22.9 Å². The second kappa shape index (κ2) is 16.1. The van der Waals surface area contributed by atoms with E-state index in [1.54, 1.807) is 18.2 Å². The van der Waals surface area contributed by atoms with Gasteiger partial charge in [-0.3, -0.25) is 14.4 Å². The van der Waals surface area contributed by atoms with Crippen LogP contribution in [0, 0.1) is 0 Å². The van der Waals surface area contributed by atoms with Crippen molar-refractivity contribution in [1.29, 1.82) is 0 Å². The van der Waals surface area contributed by atoms with E-state index in [-0.39, 0.29) is 22.6 Å². The Labute approximate surface area is 312 Å². The molecule has 258 valence electrons. The Morgan fingerprint density at radius 1 is 1.00 bits per heavy atom. The molecule has 3 aromatic carbocycles. The molecule has 4 amide bonds. The van der Waals surface area contributed by atoms with Gasteiger partial charge in [0.05, 0.1) is 20.5 Å². The van der Waals surface area contributed by atoms with E-state index in [0.29, 0.717) is 25.4 Å². The van der Waals surface area contributed by atoms with Gasteiger partial charge in [-0.15, -0.1) is 23.4 Å². The molecule has 0 saturated carbocycles. The number of ether oxygens (including phenoxy) is 1. The molecule has 3 unspecified atom stereocenters. The smallest absolute Gasteiger partial charge is 0.408 e. The zero-order valence-corrected chi connectivity index (χ0v) is 30.4. The van der Waals surface area contributed by atoms with Gasteiger partial charge in [-0.25, -0.2) is 14.7 Å². The van der Waals surface area contributed by atoms with Gasteiger partial charge < -0.3 is 25.2 Å². The van der Waals surface area contributed by atoms with Gasteiger partial charge in [0, 0.05) is 11.1 Å². The molecule has 3 heterocycles. The number of thioether (sulfide) groups is 1. The van der Waals surface area contributed by atoms with Crippen molar-refractivity contribution in [2.24, 2.45) is 0 Å². The third kappa shape index (κ3) is 8.07. The molecule has 3 N–H and O–H groups in total. The van der Waals surface area contributed by atoms with E-state index in [2.05, 4.69) is 20.9 Å². The summed E-state index contributed by atoms with van der Waals surface area (Å²) >= 11 is 18.5. The molecule has 1 fully saturated rings. The largest absolute Gasteiger partial charge is 0.614 e. The maximum atomic E-state index is 13.7. The molecule has 17 heteroatoms. The summed E-state index contributed by atoms with van der Waals surface area (Å²) in [5.74, 6) is -1.73. The van der Waals surface area contributed by atoms with Gasteiger partial charge in [-0.1, -0.05) is 95.2 Å². The number of β-lactam (4-membered cyclic amide) rings is 1. The zero-order valence-electron chi connectivity index (χ0n) is 25.6. The van der Waals surface area contributed by atoms with Gasteiger partial charge in [-0.2, -0.15) is 0 Å². The quantitative estimate of drug-likeness (QED) is 0.0948. The minimum absolute atomic E-state index is 0.0289. The second-order valence-electron chi connectivity index (χ2n) is 10.8. The lowest BCUT2D eigenvalue weighted by Gasteiger charge is -2.49. The number of carbonyl (C=O) groups is 4. The molecule has 0 spiro atoms. The van der Waals surface area contributed by atoms with Crippen LogP contribution in [0.1, 0.15) is 22.1 Å². The molecule has 3 atom stereocenters. The number of thiazole rings is 1. The van der Waals surface area contributed by atoms with Crippen LogP contribution >= 0.6 is 57.9 Å². The lowest BCUT2D eigenvalue weighted by atomic mass is 10.0. The standard InChI is InChI=1S/C33H26Cl3N5O6S3/c34-14-25(42)40-32-37-15-24(49-32)21-17-50(46)31-28(48-20-11-12-22(35)23(36)13-20)30(44)41(31)29(21)39-26(43)16-38-33(45)47-27(18-7-3-1-4-8-18)19-9-5-2-6-10-19/h1-13,15,27-28,31H,14,16-17H2,(H,38,45)(H,39,43)(H,37,40,42). The first kappa shape index (κ1) is 36.0. The molecule has 1 saturated heterocycles. The first-order chi connectivity index (χ1) is 24.1. The third-order valence-corrected chi connectivity index (χ3v) is 12.4. The van der Waals surface area contributed by atoms with Crippen LogP contribution in [-0.4, -0.2) is 67.1 Å². The molecule has 11 nitrogen and oxygen atoms in total. The molecule has 1 aromatic heterocycles. The number of alkyl carbamates (subject to hydrolysis) is 1. The summed E-state index contributed by atoms with van der Waals surface area (Å²) in [5.41, 5.74) is 1.86. The van der Waals surface area contributed by atoms with E-state index in [4.69, 9.17) is 39.5 Å². The van der Waals surface area contributed by atoms with Gasteiger partial charge in [0.25, 0.3) is 5.91 Å². The number of hydrogen-bond donors (Lipinski definition) is 3. The predicted octanol–water partition coefficient (Wildman–Crippen LogP) is 6.02. The Hall–Kier alpha value is -3.76. The fourth-order valence-electron chi connectivity index (χ4n) is 5.19. The van der Waals surface area contributed by atoms with Crippen molar-refractivity contribution in [1.82, 2.24) is 20.5 Å². The molecule has 0 bridgehead atoms. The summed E-state index contributed by atoms with van der Waals surface area (Å²) in [4.78, 5) is 58.5. The van der Waals surface area contributed by atoms with Gasteiger partial charge in [0.1, 0.15) is 24.0 Å². The molecule has 2 aliphatic heterocycles. The summed E-state index contributed by atoms with van der Waals surface area (Å²) < 4.78 is 19.4. The van der Waals surface area contributed by atoms with Crippen molar-refractivity contribution in [3.8, 4) is 0 Å². The first-order valence-electron chi connectivity index (χ1n) is 14.8. The average molecular weight is 791 g/mol. The summed E-state index contributed by atoms with van der Waals surface area (Å²) in [6.07, 6.45) is -0.120. The average Bonchev–Trinajstić information content (AvgIpc) is 3.59. The molecular weight excluding hydrogens is 765 g/mol. The van der Waals surface area contributed by atoms with E-state index >= 15 is 0 Å². The highest BCUT2D eigenvalue weighted by molar-refractivity contribution is 8.02. The number of benzene rings is 3. The van der Waals surface area contributed by atoms with Gasteiger partial charge in [0.2, 0.25) is 17.2 Å². The van der Waals surface area contributed by atoms with E-state index in [0.717, 1.165) is 22.5 Å². The van der Waals surface area contributed by atoms with Crippen LogP contribution in [0.5, 0.6) is 0 Å². The number of aromatic nitrogens is 1. The molecular formula is C33H26Cl3N5O6S3. The number of nitrogens with one attached hydrogen (secondary N) is 3. The Morgan fingerprint density at radius 3 is 2.32 bits per heavy atom. The van der Waals surface area contributed by atoms with Crippen molar-refractivity contribution in [2.45, 2.75) is 21.6 Å². The van der Waals surface area contributed by atoms with Crippen LogP contribution in [0.3, 0.4) is 0 Å². The Morgan fingerprint density at radius 2 is 1.68 bits per heavy atom. The van der Waals surface area contributed by atoms with Gasteiger partial charge in [-0.05, 0) is 40.5 Å². The first-order valence-corrected chi connectivity index (χ1v) is 19.2. The van der Waals surface area contributed by atoms with Crippen LogP contribution in [0.2, 0.25) is 10.0 Å². The maximum Gasteiger partial charge on any atom is 0.408 e. The zero-order chi connectivity index (χ0) is 35.4. The number of amides is 4. The van der Waals surface area contributed by atoms with Crippen LogP contribution in [0.25, 0.3) is 5.57 Å². The van der Waals surface area contributed by atoms with Crippen molar-refractivity contribution in [3.05, 3.63) is 117 Å². The van der Waals surface area contributed by atoms with E-state index < -0.39 is 58.3 Å². The summed E-state index contributed by atoms with van der Waals surface area (Å²) in [6, 6.07) is 23.3. The van der Waals surface area contributed by atoms with Gasteiger partial charge >= 0.3 is 6.09 Å². The van der Waals surface area contributed by atoms with Crippen molar-refractivity contribution in [3.63, 3.8) is 0 Å². The van der Waals surface area contributed by atoms with Crippen molar-refractivity contribution >= 4 is 104 Å². The topological polar surface area (TPSA) is 153 Å². The number of carbonyl (C=O) groups excluding carboxylic acids is 4. The Balaban J connectivity index is 1.21. The fraction of sp³-hybridized carbons (Fsp3) is 0.182.